The molecule has 1 aromatic rings. The van der Waals surface area contributed by atoms with Crippen LogP contribution in [0.4, 0.5) is 5.69 Å². The summed E-state index contributed by atoms with van der Waals surface area (Å²) in [6, 6.07) is 3.86. The number of amides is 1. The number of aliphatic hydroxyl groups is 1. The number of carbonyl (C=O) groups is 1. The number of carbonyl (C=O) groups excluding carboxylic acids is 1. The first kappa shape index (κ1) is 18.0. The number of aliphatic hydroxyl groups excluding tert-OH is 1. The maximum absolute atomic E-state index is 12.7. The summed E-state index contributed by atoms with van der Waals surface area (Å²) in [7, 11) is 1.63. The summed E-state index contributed by atoms with van der Waals surface area (Å²) in [6.07, 6.45) is 4.72. The Hall–Kier alpha value is -1.37. The fourth-order valence-electron chi connectivity index (χ4n) is 3.15. The zero-order valence-corrected chi connectivity index (χ0v) is 14.2. The van der Waals surface area contributed by atoms with Crippen molar-refractivity contribution in [1.82, 2.24) is 9.88 Å². The molecule has 1 saturated heterocycles. The zero-order chi connectivity index (χ0) is 15.6. The number of hydrogen-bond donors (Lipinski definition) is 1. The predicted octanol–water partition coefficient (Wildman–Crippen LogP) is 0.939. The molecule has 1 unspecified atom stereocenters. The number of methoxy groups -OCH3 is 1. The first-order valence-electron chi connectivity index (χ1n) is 7.76. The van der Waals surface area contributed by atoms with Crippen LogP contribution in [-0.4, -0.2) is 66.9 Å². The number of halogens is 1. The van der Waals surface area contributed by atoms with E-state index < -0.39 is 6.10 Å². The molecule has 2 aliphatic rings. The molecule has 1 atom stereocenters. The number of β-amino-alcohol motifs (C(OH)–C–C–N with tert-alkyl or cyclic N) is 1. The van der Waals surface area contributed by atoms with Gasteiger partial charge >= 0.3 is 0 Å². The van der Waals surface area contributed by atoms with Crippen molar-refractivity contribution >= 4 is 24.0 Å². The van der Waals surface area contributed by atoms with Gasteiger partial charge in [0.15, 0.2) is 0 Å². The van der Waals surface area contributed by atoms with Crippen LogP contribution in [0.2, 0.25) is 0 Å². The first-order valence-corrected chi connectivity index (χ1v) is 7.76. The highest BCUT2D eigenvalue weighted by Crippen LogP contribution is 2.47. The Morgan fingerprint density at radius 2 is 2.04 bits per heavy atom. The number of ether oxygens (including phenoxy) is 1. The minimum Gasteiger partial charge on any atom is -0.389 e. The van der Waals surface area contributed by atoms with Gasteiger partial charge in [0.2, 0.25) is 5.91 Å². The lowest BCUT2D eigenvalue weighted by molar-refractivity contribution is -0.139. The summed E-state index contributed by atoms with van der Waals surface area (Å²) >= 11 is 0. The van der Waals surface area contributed by atoms with Gasteiger partial charge in [-0.05, 0) is 25.0 Å². The summed E-state index contributed by atoms with van der Waals surface area (Å²) in [4.78, 5) is 20.6. The molecule has 0 aromatic carbocycles. The maximum Gasteiger partial charge on any atom is 0.231 e. The summed E-state index contributed by atoms with van der Waals surface area (Å²) < 4.78 is 5.20. The molecule has 128 valence electrons. The molecular weight excluding hydrogens is 318 g/mol. The molecule has 1 aliphatic heterocycles. The van der Waals surface area contributed by atoms with E-state index >= 15 is 0 Å². The van der Waals surface area contributed by atoms with Gasteiger partial charge in [0.25, 0.3) is 0 Å². The van der Waals surface area contributed by atoms with Gasteiger partial charge in [-0.15, -0.1) is 12.4 Å². The second kappa shape index (κ2) is 7.47. The normalized spacial score (nSPS) is 23.0. The fourth-order valence-corrected chi connectivity index (χ4v) is 3.15. The Labute approximate surface area is 142 Å². The molecule has 1 aromatic heterocycles. The van der Waals surface area contributed by atoms with E-state index in [0.717, 1.165) is 25.1 Å². The lowest BCUT2D eigenvalue weighted by Crippen LogP contribution is -2.43. The molecule has 6 nitrogen and oxygen atoms in total. The van der Waals surface area contributed by atoms with E-state index in [0.29, 0.717) is 26.2 Å². The van der Waals surface area contributed by atoms with Gasteiger partial charge < -0.3 is 19.6 Å². The van der Waals surface area contributed by atoms with E-state index in [1.807, 2.05) is 12.1 Å². The van der Waals surface area contributed by atoms with Crippen molar-refractivity contribution in [1.29, 1.82) is 0 Å². The summed E-state index contributed by atoms with van der Waals surface area (Å²) in [5, 5.41) is 10.3. The van der Waals surface area contributed by atoms with Crippen molar-refractivity contribution in [3.63, 3.8) is 0 Å². The molecule has 1 N–H and O–H groups in total. The van der Waals surface area contributed by atoms with E-state index in [1.165, 1.54) is 0 Å². The van der Waals surface area contributed by atoms with Crippen molar-refractivity contribution in [3.8, 4) is 0 Å². The molecule has 7 heteroatoms. The Balaban J connectivity index is 0.00000192. The smallest absolute Gasteiger partial charge is 0.231 e. The summed E-state index contributed by atoms with van der Waals surface area (Å²) in [6.45, 7) is 2.75. The van der Waals surface area contributed by atoms with Gasteiger partial charge in [0.1, 0.15) is 0 Å². The van der Waals surface area contributed by atoms with Crippen LogP contribution in [0.3, 0.4) is 0 Å². The highest BCUT2D eigenvalue weighted by molar-refractivity contribution is 5.86. The quantitative estimate of drug-likeness (QED) is 0.883. The van der Waals surface area contributed by atoms with E-state index in [9.17, 15) is 9.90 Å². The Bertz CT molecular complexity index is 525. The SMILES string of the molecule is COCC1(C(=O)N2CCN(c3ccncc3)CC(O)C2)CC1.Cl. The van der Waals surface area contributed by atoms with Crippen LogP contribution in [0, 0.1) is 5.41 Å². The fraction of sp³-hybridized carbons (Fsp3) is 0.625. The van der Waals surface area contributed by atoms with Crippen molar-refractivity contribution in [2.75, 3.05) is 44.8 Å². The monoisotopic (exact) mass is 341 g/mol. The standard InChI is InChI=1S/C16H23N3O3.ClH/c1-22-12-16(4-5-16)15(21)19-9-8-18(10-14(20)11-19)13-2-6-17-7-3-13;/h2-3,6-7,14,20H,4-5,8-12H2,1H3;1H. The van der Waals surface area contributed by atoms with Crippen molar-refractivity contribution < 1.29 is 14.6 Å². The molecule has 1 amide bonds. The second-order valence-corrected chi connectivity index (χ2v) is 6.27. The minimum atomic E-state index is -0.544. The average molecular weight is 342 g/mol. The molecule has 2 fully saturated rings. The Kier molecular flexibility index (Phi) is 5.84. The highest BCUT2D eigenvalue weighted by atomic mass is 35.5. The third-order valence-corrected chi connectivity index (χ3v) is 4.55. The number of nitrogens with zero attached hydrogens (tertiary/aromatic N) is 3. The largest absolute Gasteiger partial charge is 0.389 e. The molecule has 3 rings (SSSR count). The number of rotatable bonds is 4. The summed E-state index contributed by atoms with van der Waals surface area (Å²) in [5.74, 6) is 0.130. The van der Waals surface area contributed by atoms with Crippen molar-refractivity contribution in [2.45, 2.75) is 18.9 Å². The third-order valence-electron chi connectivity index (χ3n) is 4.55. The number of anilines is 1. The van der Waals surface area contributed by atoms with E-state index in [4.69, 9.17) is 4.74 Å². The average Bonchev–Trinajstić information content (AvgIpc) is 3.33. The van der Waals surface area contributed by atoms with E-state index in [2.05, 4.69) is 9.88 Å². The predicted molar refractivity (Wildman–Crippen MR) is 89.8 cm³/mol. The number of hydrogen-bond acceptors (Lipinski definition) is 5. The number of pyridine rings is 1. The van der Waals surface area contributed by atoms with Gasteiger partial charge in [-0.3, -0.25) is 9.78 Å². The molecule has 2 heterocycles. The van der Waals surface area contributed by atoms with Crippen LogP contribution in [0.1, 0.15) is 12.8 Å². The number of aromatic nitrogens is 1. The van der Waals surface area contributed by atoms with Crippen LogP contribution in [0.25, 0.3) is 0 Å². The topological polar surface area (TPSA) is 65.9 Å². The van der Waals surface area contributed by atoms with Crippen LogP contribution in [0.5, 0.6) is 0 Å². The molecule has 23 heavy (non-hydrogen) atoms. The van der Waals surface area contributed by atoms with Crippen LogP contribution in [0.15, 0.2) is 24.5 Å². The van der Waals surface area contributed by atoms with Crippen LogP contribution in [-0.2, 0) is 9.53 Å². The molecule has 0 spiro atoms. The van der Waals surface area contributed by atoms with Gasteiger partial charge in [-0.25, -0.2) is 0 Å². The van der Waals surface area contributed by atoms with Gasteiger partial charge in [0, 0.05) is 51.4 Å². The maximum atomic E-state index is 12.7. The van der Waals surface area contributed by atoms with E-state index in [1.54, 1.807) is 24.4 Å². The molecular formula is C16H24ClN3O3. The van der Waals surface area contributed by atoms with Gasteiger partial charge in [0.05, 0.1) is 18.1 Å². The zero-order valence-electron chi connectivity index (χ0n) is 13.4. The van der Waals surface area contributed by atoms with E-state index in [-0.39, 0.29) is 23.7 Å². The van der Waals surface area contributed by atoms with Gasteiger partial charge in [-0.1, -0.05) is 0 Å². The molecule has 1 saturated carbocycles. The third kappa shape index (κ3) is 3.94. The van der Waals surface area contributed by atoms with Crippen LogP contribution >= 0.6 is 12.4 Å². The molecule has 0 bridgehead atoms. The van der Waals surface area contributed by atoms with Crippen LogP contribution < -0.4 is 4.90 Å². The lowest BCUT2D eigenvalue weighted by Gasteiger charge is -2.26. The Morgan fingerprint density at radius 3 is 2.65 bits per heavy atom. The molecule has 1 aliphatic carbocycles. The van der Waals surface area contributed by atoms with Crippen molar-refractivity contribution in [3.05, 3.63) is 24.5 Å². The van der Waals surface area contributed by atoms with Crippen molar-refractivity contribution in [2.24, 2.45) is 5.41 Å². The first-order chi connectivity index (χ1) is 10.6. The highest BCUT2D eigenvalue weighted by Gasteiger charge is 2.52. The lowest BCUT2D eigenvalue weighted by atomic mass is 10.1. The second-order valence-electron chi connectivity index (χ2n) is 6.27. The van der Waals surface area contributed by atoms with Gasteiger partial charge in [-0.2, -0.15) is 0 Å². The molecule has 0 radical (unpaired) electrons. The minimum absolute atomic E-state index is 0. The summed E-state index contributed by atoms with van der Waals surface area (Å²) in [5.41, 5.74) is 0.696. The Morgan fingerprint density at radius 1 is 1.35 bits per heavy atom.